The first kappa shape index (κ1) is 14.1. The molecule has 0 radical (unpaired) electrons. The first-order chi connectivity index (χ1) is 9.47. The van der Waals surface area contributed by atoms with E-state index in [0.717, 1.165) is 11.8 Å². The highest BCUT2D eigenvalue weighted by Crippen LogP contribution is 2.18. The van der Waals surface area contributed by atoms with E-state index >= 15 is 0 Å². The molecule has 0 bridgehead atoms. The van der Waals surface area contributed by atoms with Crippen LogP contribution in [0.5, 0.6) is 0 Å². The first-order valence-corrected chi connectivity index (χ1v) is 6.51. The lowest BCUT2D eigenvalue weighted by atomic mass is 10.3. The van der Waals surface area contributed by atoms with Crippen molar-refractivity contribution in [2.24, 2.45) is 0 Å². The van der Waals surface area contributed by atoms with E-state index in [1.807, 2.05) is 0 Å². The minimum Gasteiger partial charge on any atom is -0.477 e. The van der Waals surface area contributed by atoms with Crippen molar-refractivity contribution in [1.82, 2.24) is 9.72 Å². The average Bonchev–Trinajstić information content (AvgIpc) is 2.75. The van der Waals surface area contributed by atoms with E-state index in [9.17, 15) is 14.4 Å². The maximum Gasteiger partial charge on any atom is 0.354 e. The van der Waals surface area contributed by atoms with Gasteiger partial charge in [-0.15, -0.1) is 16.5 Å². The lowest BCUT2D eigenvalue weighted by molar-refractivity contribution is 0.0689. The molecule has 0 saturated carbocycles. The molecule has 0 aliphatic heterocycles. The molecule has 0 atom stereocenters. The zero-order chi connectivity index (χ0) is 14.7. The Hall–Kier alpha value is -2.35. The van der Waals surface area contributed by atoms with Crippen LogP contribution in [0, 0.1) is 6.92 Å². The molecule has 2 aromatic heterocycles. The number of rotatable bonds is 4. The SMILES string of the molecule is Cc1cc(=O)n(C(=O)CSc2ccnc(C(=O)O)c2)o1. The molecule has 0 aromatic carbocycles. The fraction of sp³-hybridized carbons (Fsp3) is 0.167. The van der Waals surface area contributed by atoms with E-state index in [0.29, 0.717) is 15.4 Å². The third-order valence-electron chi connectivity index (χ3n) is 2.30. The monoisotopic (exact) mass is 294 g/mol. The minimum absolute atomic E-state index is 0.0457. The number of carboxylic acids is 1. The van der Waals surface area contributed by atoms with E-state index in [-0.39, 0.29) is 11.4 Å². The largest absolute Gasteiger partial charge is 0.477 e. The van der Waals surface area contributed by atoms with Crippen LogP contribution in [0.25, 0.3) is 0 Å². The highest BCUT2D eigenvalue weighted by molar-refractivity contribution is 8.00. The average molecular weight is 294 g/mol. The van der Waals surface area contributed by atoms with Gasteiger partial charge in [-0.3, -0.25) is 9.59 Å². The topological polar surface area (TPSA) is 102 Å². The van der Waals surface area contributed by atoms with Crippen LogP contribution in [-0.4, -0.2) is 32.5 Å². The molecule has 0 aliphatic carbocycles. The van der Waals surface area contributed by atoms with Gasteiger partial charge in [-0.1, -0.05) is 0 Å². The number of hydrogen-bond donors (Lipinski definition) is 1. The van der Waals surface area contributed by atoms with Crippen molar-refractivity contribution in [1.29, 1.82) is 0 Å². The second-order valence-electron chi connectivity index (χ2n) is 3.84. The molecule has 0 amide bonds. The molecular formula is C12H10N2O5S. The molecule has 8 heteroatoms. The van der Waals surface area contributed by atoms with Gasteiger partial charge in [0.15, 0.2) is 0 Å². The van der Waals surface area contributed by atoms with Gasteiger partial charge < -0.3 is 9.63 Å². The number of carbonyl (C=O) groups is 2. The Morgan fingerprint density at radius 1 is 1.45 bits per heavy atom. The first-order valence-electron chi connectivity index (χ1n) is 5.52. The quantitative estimate of drug-likeness (QED) is 0.847. The van der Waals surface area contributed by atoms with Crippen molar-refractivity contribution in [2.75, 3.05) is 5.75 Å². The van der Waals surface area contributed by atoms with Crippen LogP contribution in [0.3, 0.4) is 0 Å². The summed E-state index contributed by atoms with van der Waals surface area (Å²) in [6.45, 7) is 1.57. The van der Waals surface area contributed by atoms with Crippen LogP contribution in [0.15, 0.2) is 38.6 Å². The number of thioether (sulfide) groups is 1. The molecular weight excluding hydrogens is 284 g/mol. The molecule has 1 N–H and O–H groups in total. The van der Waals surface area contributed by atoms with E-state index in [1.54, 1.807) is 13.0 Å². The number of hydrogen-bond acceptors (Lipinski definition) is 6. The number of aryl methyl sites for hydroxylation is 1. The smallest absolute Gasteiger partial charge is 0.354 e. The summed E-state index contributed by atoms with van der Waals surface area (Å²) in [5.41, 5.74) is -0.623. The molecule has 0 spiro atoms. The summed E-state index contributed by atoms with van der Waals surface area (Å²) in [5, 5.41) is 8.80. The van der Waals surface area contributed by atoms with Crippen LogP contribution in [0.4, 0.5) is 0 Å². The van der Waals surface area contributed by atoms with Crippen LogP contribution >= 0.6 is 11.8 Å². The molecule has 0 saturated heterocycles. The van der Waals surface area contributed by atoms with Gasteiger partial charge in [-0.05, 0) is 19.1 Å². The number of carbonyl (C=O) groups excluding carboxylic acids is 1. The van der Waals surface area contributed by atoms with Crippen LogP contribution in [0.2, 0.25) is 0 Å². The Morgan fingerprint density at radius 3 is 2.80 bits per heavy atom. The summed E-state index contributed by atoms with van der Waals surface area (Å²) >= 11 is 1.10. The van der Waals surface area contributed by atoms with Gasteiger partial charge in [0.25, 0.3) is 11.5 Å². The van der Waals surface area contributed by atoms with E-state index in [2.05, 4.69) is 4.98 Å². The molecule has 0 unspecified atom stereocenters. The lowest BCUT2D eigenvalue weighted by Gasteiger charge is -2.01. The second-order valence-corrected chi connectivity index (χ2v) is 4.89. The van der Waals surface area contributed by atoms with Crippen LogP contribution in [-0.2, 0) is 0 Å². The molecule has 2 aromatic rings. The molecule has 0 fully saturated rings. The zero-order valence-electron chi connectivity index (χ0n) is 10.4. The highest BCUT2D eigenvalue weighted by Gasteiger charge is 2.13. The molecule has 0 aliphatic rings. The number of carboxylic acid groups (broad SMARTS) is 1. The van der Waals surface area contributed by atoms with Crippen molar-refractivity contribution >= 4 is 23.6 Å². The summed E-state index contributed by atoms with van der Waals surface area (Å²) in [5.74, 6) is -1.35. The maximum atomic E-state index is 11.8. The van der Waals surface area contributed by atoms with Crippen LogP contribution < -0.4 is 5.56 Å². The number of nitrogens with zero attached hydrogens (tertiary/aromatic N) is 2. The van der Waals surface area contributed by atoms with Gasteiger partial charge in [0.05, 0.1) is 5.75 Å². The summed E-state index contributed by atoms with van der Waals surface area (Å²) in [4.78, 5) is 38.2. The number of aromatic carboxylic acids is 1. The Kier molecular flexibility index (Phi) is 4.04. The Morgan fingerprint density at radius 2 is 2.20 bits per heavy atom. The van der Waals surface area contributed by atoms with E-state index in [1.165, 1.54) is 18.3 Å². The lowest BCUT2D eigenvalue weighted by Crippen LogP contribution is -2.23. The van der Waals surface area contributed by atoms with Gasteiger partial charge in [0.2, 0.25) is 0 Å². The summed E-state index contributed by atoms with van der Waals surface area (Å²) in [6.07, 6.45) is 1.35. The molecule has 2 rings (SSSR count). The third-order valence-corrected chi connectivity index (χ3v) is 3.28. The summed E-state index contributed by atoms with van der Waals surface area (Å²) < 4.78 is 5.64. The minimum atomic E-state index is -1.14. The molecule has 2 heterocycles. The predicted molar refractivity (Wildman–Crippen MR) is 70.3 cm³/mol. The van der Waals surface area contributed by atoms with Crippen molar-refractivity contribution < 1.29 is 19.2 Å². The zero-order valence-corrected chi connectivity index (χ0v) is 11.2. The fourth-order valence-electron chi connectivity index (χ4n) is 1.44. The van der Waals surface area contributed by atoms with Crippen molar-refractivity contribution in [3.05, 3.63) is 46.2 Å². The van der Waals surface area contributed by atoms with Crippen molar-refractivity contribution in [3.8, 4) is 0 Å². The highest BCUT2D eigenvalue weighted by atomic mass is 32.2. The molecule has 20 heavy (non-hydrogen) atoms. The van der Waals surface area contributed by atoms with Crippen molar-refractivity contribution in [3.63, 3.8) is 0 Å². The predicted octanol–water partition coefficient (Wildman–Crippen LogP) is 1.28. The second kappa shape index (κ2) is 5.74. The number of pyridine rings is 1. The van der Waals surface area contributed by atoms with Gasteiger partial charge in [0, 0.05) is 17.2 Å². The van der Waals surface area contributed by atoms with E-state index < -0.39 is 17.4 Å². The standard InChI is InChI=1S/C12H10N2O5S/c1-7-4-10(15)14(19-7)11(16)6-20-8-2-3-13-9(5-8)12(17)18/h2-5H,6H2,1H3,(H,17,18). The maximum absolute atomic E-state index is 11.8. The van der Waals surface area contributed by atoms with Crippen LogP contribution in [0.1, 0.15) is 21.0 Å². The van der Waals surface area contributed by atoms with Gasteiger partial charge in [0.1, 0.15) is 11.5 Å². The Bertz CT molecular complexity index is 719. The number of aromatic nitrogens is 2. The normalized spacial score (nSPS) is 10.4. The fourth-order valence-corrected chi connectivity index (χ4v) is 2.20. The summed E-state index contributed by atoms with van der Waals surface area (Å²) in [6, 6.07) is 4.16. The Labute approximate surface area is 117 Å². The summed E-state index contributed by atoms with van der Waals surface area (Å²) in [7, 11) is 0. The Balaban J connectivity index is 2.07. The van der Waals surface area contributed by atoms with Gasteiger partial charge >= 0.3 is 5.97 Å². The van der Waals surface area contributed by atoms with Gasteiger partial charge in [-0.2, -0.15) is 0 Å². The molecule has 104 valence electrons. The van der Waals surface area contributed by atoms with E-state index in [4.69, 9.17) is 9.63 Å². The van der Waals surface area contributed by atoms with Crippen molar-refractivity contribution in [2.45, 2.75) is 11.8 Å². The van der Waals surface area contributed by atoms with Gasteiger partial charge in [-0.25, -0.2) is 9.78 Å². The third kappa shape index (κ3) is 3.15. The molecule has 7 nitrogen and oxygen atoms in total.